The average Bonchev–Trinajstić information content (AvgIpc) is 3.22. The number of benzene rings is 1. The Bertz CT molecular complexity index is 1430. The zero-order valence-corrected chi connectivity index (χ0v) is 20.4. The Morgan fingerprint density at radius 3 is 2.40 bits per heavy atom. The topological polar surface area (TPSA) is 81.7 Å². The van der Waals surface area contributed by atoms with Gasteiger partial charge in [-0.05, 0) is 45.9 Å². The van der Waals surface area contributed by atoms with Crippen molar-refractivity contribution in [2.24, 2.45) is 0 Å². The summed E-state index contributed by atoms with van der Waals surface area (Å²) in [6.45, 7) is 8.92. The molecule has 4 heterocycles. The number of carbonyl (C=O) groups excluding carboxylic acids is 1. The third-order valence-electron chi connectivity index (χ3n) is 6.21. The Kier molecular flexibility index (Phi) is 5.98. The molecule has 0 radical (unpaired) electrons. The van der Waals surface area contributed by atoms with E-state index in [0.29, 0.717) is 24.3 Å². The molecule has 180 valence electrons. The van der Waals surface area contributed by atoms with E-state index in [9.17, 15) is 9.59 Å². The molecule has 1 fully saturated rings. The number of fused-ring (bicyclic) bond motifs is 1. The number of hydrogen-bond acceptors (Lipinski definition) is 5. The molecule has 0 saturated carbocycles. The highest BCUT2D eigenvalue weighted by Gasteiger charge is 2.27. The number of amides is 1. The summed E-state index contributed by atoms with van der Waals surface area (Å²) >= 11 is 0. The number of carbonyl (C=O) groups is 1. The van der Waals surface area contributed by atoms with Crippen LogP contribution in [0.25, 0.3) is 28.0 Å². The van der Waals surface area contributed by atoms with E-state index >= 15 is 0 Å². The van der Waals surface area contributed by atoms with Crippen molar-refractivity contribution in [3.8, 4) is 22.5 Å². The van der Waals surface area contributed by atoms with Gasteiger partial charge in [0.15, 0.2) is 0 Å². The molecular formula is C27H29N5O3. The van der Waals surface area contributed by atoms with Crippen molar-refractivity contribution in [3.05, 3.63) is 76.7 Å². The van der Waals surface area contributed by atoms with Gasteiger partial charge < -0.3 is 9.64 Å². The molecule has 0 unspecified atom stereocenters. The van der Waals surface area contributed by atoms with Crippen molar-refractivity contribution in [2.75, 3.05) is 13.1 Å². The van der Waals surface area contributed by atoms with Crippen LogP contribution in [0.15, 0.2) is 65.6 Å². The summed E-state index contributed by atoms with van der Waals surface area (Å²) in [6, 6.07) is 16.7. The Hall–Kier alpha value is -3.78. The molecule has 3 aromatic heterocycles. The summed E-state index contributed by atoms with van der Waals surface area (Å²) in [5.41, 5.74) is 4.26. The number of rotatable bonds is 4. The number of morpholine rings is 1. The van der Waals surface area contributed by atoms with E-state index in [2.05, 4.69) is 5.10 Å². The molecule has 2 atom stereocenters. The van der Waals surface area contributed by atoms with E-state index in [1.54, 1.807) is 16.6 Å². The van der Waals surface area contributed by atoms with Crippen LogP contribution in [0, 0.1) is 0 Å². The first kappa shape index (κ1) is 23.0. The molecule has 1 aliphatic heterocycles. The number of ether oxygens (including phenoxy) is 1. The molecule has 5 rings (SSSR count). The smallest absolute Gasteiger partial charge is 0.267 e. The predicted molar refractivity (Wildman–Crippen MR) is 134 cm³/mol. The summed E-state index contributed by atoms with van der Waals surface area (Å²) in [4.78, 5) is 27.7. The number of hydrogen-bond donors (Lipinski definition) is 0. The van der Waals surface area contributed by atoms with Gasteiger partial charge in [-0.3, -0.25) is 9.59 Å². The second-order valence-corrected chi connectivity index (χ2v) is 9.40. The fraction of sp³-hybridized carbons (Fsp3) is 0.333. The van der Waals surface area contributed by atoms with E-state index in [4.69, 9.17) is 9.84 Å². The molecule has 1 aliphatic rings. The summed E-state index contributed by atoms with van der Waals surface area (Å²) < 4.78 is 9.04. The fourth-order valence-corrected chi connectivity index (χ4v) is 4.68. The monoisotopic (exact) mass is 471 g/mol. The van der Waals surface area contributed by atoms with Gasteiger partial charge >= 0.3 is 0 Å². The average molecular weight is 472 g/mol. The van der Waals surface area contributed by atoms with Crippen LogP contribution in [0.1, 0.15) is 44.1 Å². The van der Waals surface area contributed by atoms with Gasteiger partial charge in [-0.25, -0.2) is 9.20 Å². The minimum Gasteiger partial charge on any atom is -0.372 e. The minimum absolute atomic E-state index is 0.0112. The molecule has 1 saturated heterocycles. The molecule has 8 nitrogen and oxygen atoms in total. The molecular weight excluding hydrogens is 442 g/mol. The quantitative estimate of drug-likeness (QED) is 0.448. The standard InChI is InChI=1S/C27H29N5O3/c1-17(2)32-24(33)11-10-22(28-32)25-23-14-21(27(34)30-15-18(3)35-19(4)16-30)12-13-31(23)29-26(25)20-8-6-5-7-9-20/h5-14,17-19H,15-16H2,1-4H3/t18-,19+. The normalized spacial score (nSPS) is 18.4. The van der Waals surface area contributed by atoms with Crippen LogP contribution in [0.3, 0.4) is 0 Å². The highest BCUT2D eigenvalue weighted by molar-refractivity contribution is 5.98. The molecule has 1 aromatic carbocycles. The van der Waals surface area contributed by atoms with Crippen LogP contribution in [0.5, 0.6) is 0 Å². The van der Waals surface area contributed by atoms with Crippen LogP contribution >= 0.6 is 0 Å². The van der Waals surface area contributed by atoms with Gasteiger partial charge in [0.05, 0.1) is 35.0 Å². The maximum atomic E-state index is 13.4. The molecule has 0 aliphatic carbocycles. The van der Waals surface area contributed by atoms with Gasteiger partial charge in [0, 0.05) is 36.5 Å². The summed E-state index contributed by atoms with van der Waals surface area (Å²) in [5.74, 6) is -0.0389. The second-order valence-electron chi connectivity index (χ2n) is 9.40. The van der Waals surface area contributed by atoms with Gasteiger partial charge in [0.1, 0.15) is 5.69 Å². The lowest BCUT2D eigenvalue weighted by atomic mass is 10.0. The van der Waals surface area contributed by atoms with E-state index in [0.717, 1.165) is 22.3 Å². The van der Waals surface area contributed by atoms with Crippen LogP contribution in [-0.4, -0.2) is 55.5 Å². The molecule has 1 amide bonds. The van der Waals surface area contributed by atoms with E-state index in [-0.39, 0.29) is 29.7 Å². The fourth-order valence-electron chi connectivity index (χ4n) is 4.68. The van der Waals surface area contributed by atoms with Gasteiger partial charge in [-0.1, -0.05) is 30.3 Å². The summed E-state index contributed by atoms with van der Waals surface area (Å²) in [7, 11) is 0. The number of aromatic nitrogens is 4. The summed E-state index contributed by atoms with van der Waals surface area (Å²) in [5, 5.41) is 9.51. The maximum absolute atomic E-state index is 13.4. The van der Waals surface area contributed by atoms with Crippen molar-refractivity contribution in [1.29, 1.82) is 0 Å². The Balaban J connectivity index is 1.68. The Labute approximate surface area is 203 Å². The molecule has 4 aromatic rings. The first-order valence-electron chi connectivity index (χ1n) is 11.9. The van der Waals surface area contributed by atoms with Crippen molar-refractivity contribution in [2.45, 2.75) is 45.9 Å². The highest BCUT2D eigenvalue weighted by Crippen LogP contribution is 2.34. The number of pyridine rings is 1. The van der Waals surface area contributed by atoms with Gasteiger partial charge in [-0.15, -0.1) is 0 Å². The van der Waals surface area contributed by atoms with E-state index in [1.165, 1.54) is 10.7 Å². The lowest BCUT2D eigenvalue weighted by Gasteiger charge is -2.35. The van der Waals surface area contributed by atoms with Crippen LogP contribution in [0.4, 0.5) is 0 Å². The van der Waals surface area contributed by atoms with Gasteiger partial charge in [-0.2, -0.15) is 10.2 Å². The lowest BCUT2D eigenvalue weighted by molar-refractivity contribution is -0.0586. The second kappa shape index (κ2) is 9.11. The van der Waals surface area contributed by atoms with E-state index < -0.39 is 0 Å². The van der Waals surface area contributed by atoms with Crippen molar-refractivity contribution >= 4 is 11.4 Å². The van der Waals surface area contributed by atoms with Crippen LogP contribution < -0.4 is 5.56 Å². The van der Waals surface area contributed by atoms with Crippen LogP contribution in [-0.2, 0) is 4.74 Å². The third-order valence-corrected chi connectivity index (χ3v) is 6.21. The zero-order valence-electron chi connectivity index (χ0n) is 20.4. The lowest BCUT2D eigenvalue weighted by Crippen LogP contribution is -2.48. The first-order valence-corrected chi connectivity index (χ1v) is 11.9. The van der Waals surface area contributed by atoms with Gasteiger partial charge in [0.2, 0.25) is 0 Å². The van der Waals surface area contributed by atoms with Crippen LogP contribution in [0.2, 0.25) is 0 Å². The van der Waals surface area contributed by atoms with Crippen molar-refractivity contribution < 1.29 is 9.53 Å². The third kappa shape index (κ3) is 4.37. The van der Waals surface area contributed by atoms with E-state index in [1.807, 2.05) is 75.2 Å². The first-order chi connectivity index (χ1) is 16.8. The van der Waals surface area contributed by atoms with Crippen molar-refractivity contribution in [3.63, 3.8) is 0 Å². The Morgan fingerprint density at radius 2 is 1.71 bits per heavy atom. The largest absolute Gasteiger partial charge is 0.372 e. The van der Waals surface area contributed by atoms with Crippen molar-refractivity contribution in [1.82, 2.24) is 24.3 Å². The highest BCUT2D eigenvalue weighted by atomic mass is 16.5. The SMILES string of the molecule is CC(C)n1nc(-c2c(-c3ccccc3)nn3ccc(C(=O)N4C[C@@H](C)O[C@@H](C)C4)cc23)ccc1=O. The summed E-state index contributed by atoms with van der Waals surface area (Å²) in [6.07, 6.45) is 1.79. The molecule has 0 spiro atoms. The molecule has 8 heteroatoms. The van der Waals surface area contributed by atoms with Gasteiger partial charge in [0.25, 0.3) is 11.5 Å². The maximum Gasteiger partial charge on any atom is 0.267 e. The predicted octanol–water partition coefficient (Wildman–Crippen LogP) is 4.06. The Morgan fingerprint density at radius 1 is 1.00 bits per heavy atom. The number of nitrogens with zero attached hydrogens (tertiary/aromatic N) is 5. The molecule has 0 N–H and O–H groups in total. The zero-order chi connectivity index (χ0) is 24.7. The molecule has 35 heavy (non-hydrogen) atoms. The molecule has 0 bridgehead atoms. The minimum atomic E-state index is -0.159.